The molecule has 0 atom stereocenters. The second kappa shape index (κ2) is 18.5. The zero-order valence-corrected chi connectivity index (χ0v) is 41.1. The lowest BCUT2D eigenvalue weighted by molar-refractivity contribution is 1.17. The van der Waals surface area contributed by atoms with Crippen molar-refractivity contribution in [3.05, 3.63) is 303 Å². The Morgan fingerprint density at radius 1 is 0.267 bits per heavy atom. The van der Waals surface area contributed by atoms with E-state index >= 15 is 0 Å². The summed E-state index contributed by atoms with van der Waals surface area (Å²) in [4.78, 5) is 0. The van der Waals surface area contributed by atoms with Crippen LogP contribution in [-0.2, 0) is 0 Å². The van der Waals surface area contributed by atoms with Crippen LogP contribution in [0, 0.1) is 0 Å². The van der Waals surface area contributed by atoms with Gasteiger partial charge in [-0.15, -0.1) is 0 Å². The Morgan fingerprint density at radius 2 is 0.693 bits per heavy atom. The van der Waals surface area contributed by atoms with Gasteiger partial charge in [-0.3, -0.25) is 0 Å². The summed E-state index contributed by atoms with van der Waals surface area (Å²) >= 11 is 0. The van der Waals surface area contributed by atoms with E-state index in [4.69, 9.17) is 15.1 Å². The second-order valence-electron chi connectivity index (χ2n) is 18.5. The lowest BCUT2D eigenvalue weighted by Crippen LogP contribution is -2.74. The Bertz CT molecular complexity index is 4990. The summed E-state index contributed by atoms with van der Waals surface area (Å²) in [5.74, 6) is 0. The largest absolute Gasteiger partial charge is 0.309 e. The van der Waals surface area contributed by atoms with Crippen molar-refractivity contribution >= 4 is 72.4 Å². The molecule has 0 radical (unpaired) electrons. The van der Waals surface area contributed by atoms with Gasteiger partial charge in [0.05, 0.1) is 42.6 Å². The number of nitrogens with zero attached hydrogens (tertiary/aromatic N) is 2. The molecule has 0 unspecified atom stereocenters. The molecule has 0 amide bonds. The van der Waals surface area contributed by atoms with Crippen LogP contribution in [0.4, 0.5) is 0 Å². The molecule has 3 heteroatoms. The average molecular weight is 986 g/mol. The predicted molar refractivity (Wildman–Crippen MR) is 320 cm³/mol. The first kappa shape index (κ1) is 31.1. The van der Waals surface area contributed by atoms with Crippen molar-refractivity contribution in [2.24, 2.45) is 0 Å². The Labute approximate surface area is 459 Å². The monoisotopic (exact) mass is 985 g/mol. The standard InChI is InChI=1S/C72H50N2Si/c1-7-24-51(25-8-1)55-47-64(52-26-9-2-10-27-52)72(65(48-55)53-28-11-3-12-29-53)54-30-23-31-56(46-54)73-70-44-42-57(74-68-40-21-19-38-62(68)63-39-20-22-41-69(63)74)49-66(70)67-50-61(43-45-71(67)73)75(58-32-13-4-14-33-58,59-34-15-5-16-35-59)60-36-17-6-18-37-60/h1-50H/i1D,2D,3D,7D,8D,9D,10D,11D,12D,24D,25D,26D,27D,28D,29D. The summed E-state index contributed by atoms with van der Waals surface area (Å²) in [7, 11) is -3.14. The highest BCUT2D eigenvalue weighted by atomic mass is 28.3. The van der Waals surface area contributed by atoms with Gasteiger partial charge in [-0.25, -0.2) is 0 Å². The summed E-state index contributed by atoms with van der Waals surface area (Å²) in [5, 5.41) is 8.73. The lowest BCUT2D eigenvalue weighted by atomic mass is 9.84. The van der Waals surface area contributed by atoms with Crippen molar-refractivity contribution in [2.45, 2.75) is 0 Å². The maximum absolute atomic E-state index is 9.47. The Kier molecular flexibility index (Phi) is 7.68. The number of rotatable bonds is 10. The molecule has 0 bridgehead atoms. The molecular weight excluding hydrogens is 921 g/mol. The van der Waals surface area contributed by atoms with Crippen molar-refractivity contribution in [1.82, 2.24) is 9.13 Å². The first-order valence-electron chi connectivity index (χ1n) is 32.2. The fraction of sp³-hybridized carbons (Fsp3) is 0. The molecular formula is C72H50N2Si. The molecule has 0 saturated heterocycles. The Balaban J connectivity index is 1.11. The smallest absolute Gasteiger partial charge is 0.179 e. The van der Waals surface area contributed by atoms with Crippen LogP contribution in [-0.4, -0.2) is 17.2 Å². The van der Waals surface area contributed by atoms with Gasteiger partial charge < -0.3 is 9.13 Å². The zero-order chi connectivity index (χ0) is 62.8. The SMILES string of the molecule is [2H]c1c([2H])c([2H])c(-c2cc(-c3c([2H])c([2H])c([2H])c([2H])c3[2H])c(-c3cccc(-n4c5ccc(-n6c7ccccc7c7ccccc76)cc5c5cc([Si](c6ccccc6)(c6ccccc6)c6ccccc6)ccc54)c3)c(-c3c([2H])c([2H])c([2H])c([2H])c3[2H])c2)c([2H])c1[2H]. The van der Waals surface area contributed by atoms with Gasteiger partial charge >= 0.3 is 0 Å². The highest BCUT2D eigenvalue weighted by Gasteiger charge is 2.41. The van der Waals surface area contributed by atoms with E-state index in [-0.39, 0.29) is 38.9 Å². The van der Waals surface area contributed by atoms with Crippen LogP contribution >= 0.6 is 0 Å². The molecule has 75 heavy (non-hydrogen) atoms. The molecule has 0 spiro atoms. The van der Waals surface area contributed by atoms with Gasteiger partial charge in [0.25, 0.3) is 0 Å². The topological polar surface area (TPSA) is 9.86 Å². The van der Waals surface area contributed by atoms with Gasteiger partial charge in [-0.1, -0.05) is 242 Å². The molecule has 14 aromatic rings. The first-order valence-corrected chi connectivity index (χ1v) is 26.7. The lowest BCUT2D eigenvalue weighted by Gasteiger charge is -2.34. The minimum absolute atomic E-state index is 0.0751. The third-order valence-corrected chi connectivity index (χ3v) is 19.3. The van der Waals surface area contributed by atoms with Crippen molar-refractivity contribution in [3.63, 3.8) is 0 Å². The van der Waals surface area contributed by atoms with E-state index in [1.165, 1.54) is 27.7 Å². The van der Waals surface area contributed by atoms with Crippen LogP contribution in [0.3, 0.4) is 0 Å². The number of aromatic nitrogens is 2. The van der Waals surface area contributed by atoms with Crippen LogP contribution in [0.5, 0.6) is 0 Å². The van der Waals surface area contributed by atoms with E-state index in [9.17, 15) is 5.48 Å². The Hall–Kier alpha value is -9.54. The second-order valence-corrected chi connectivity index (χ2v) is 22.3. The van der Waals surface area contributed by atoms with Gasteiger partial charge in [-0.05, 0) is 126 Å². The summed E-state index contributed by atoms with van der Waals surface area (Å²) in [6.07, 6.45) is 0. The summed E-state index contributed by atoms with van der Waals surface area (Å²) in [6, 6.07) is 61.9. The fourth-order valence-electron chi connectivity index (χ4n) is 11.4. The fourth-order valence-corrected chi connectivity index (χ4v) is 16.2. The molecule has 0 saturated carbocycles. The molecule has 0 aliphatic heterocycles. The highest BCUT2D eigenvalue weighted by Crippen LogP contribution is 2.45. The number of hydrogen-bond donors (Lipinski definition) is 0. The van der Waals surface area contributed by atoms with E-state index in [0.717, 1.165) is 54.5 Å². The normalized spacial score (nSPS) is 14.5. The number of hydrogen-bond acceptors (Lipinski definition) is 0. The van der Waals surface area contributed by atoms with Crippen LogP contribution in [0.1, 0.15) is 20.6 Å². The van der Waals surface area contributed by atoms with Gasteiger partial charge in [0, 0.05) is 32.9 Å². The van der Waals surface area contributed by atoms with Gasteiger partial charge in [0.15, 0.2) is 8.07 Å². The van der Waals surface area contributed by atoms with E-state index in [1.54, 1.807) is 12.1 Å². The maximum atomic E-state index is 9.47. The van der Waals surface area contributed by atoms with Crippen molar-refractivity contribution in [1.29, 1.82) is 0 Å². The molecule has 2 nitrogen and oxygen atoms in total. The number of benzene rings is 12. The van der Waals surface area contributed by atoms with E-state index in [2.05, 4.69) is 143 Å². The molecule has 0 N–H and O–H groups in total. The van der Waals surface area contributed by atoms with Crippen molar-refractivity contribution < 1.29 is 20.6 Å². The minimum atomic E-state index is -3.14. The van der Waals surface area contributed by atoms with Crippen LogP contribution < -0.4 is 20.7 Å². The third-order valence-electron chi connectivity index (χ3n) is 14.5. The average Bonchev–Trinajstić information content (AvgIpc) is 1.31. The van der Waals surface area contributed by atoms with Crippen molar-refractivity contribution in [2.75, 3.05) is 0 Å². The molecule has 352 valence electrons. The summed E-state index contributed by atoms with van der Waals surface area (Å²) in [6.45, 7) is 0. The first-order chi connectivity index (χ1) is 43.4. The zero-order valence-electron chi connectivity index (χ0n) is 55.1. The maximum Gasteiger partial charge on any atom is 0.179 e. The van der Waals surface area contributed by atoms with Gasteiger partial charge in [0.2, 0.25) is 0 Å². The van der Waals surface area contributed by atoms with Gasteiger partial charge in [0.1, 0.15) is 0 Å². The van der Waals surface area contributed by atoms with Crippen LogP contribution in [0.25, 0.3) is 99.5 Å². The predicted octanol–water partition coefficient (Wildman–Crippen LogP) is 15.9. The third kappa shape index (κ3) is 7.39. The molecule has 2 heterocycles. The van der Waals surface area contributed by atoms with E-state index in [0.29, 0.717) is 11.3 Å². The molecule has 0 aliphatic carbocycles. The quantitative estimate of drug-likeness (QED) is 0.0955. The van der Waals surface area contributed by atoms with Crippen molar-refractivity contribution in [3.8, 4) is 55.9 Å². The molecule has 0 aliphatic rings. The molecule has 14 rings (SSSR count). The van der Waals surface area contributed by atoms with E-state index in [1.807, 2.05) is 54.6 Å². The summed E-state index contributed by atoms with van der Waals surface area (Å²) in [5.41, 5.74) is 4.29. The number of fused-ring (bicyclic) bond motifs is 6. The Morgan fingerprint density at radius 3 is 1.21 bits per heavy atom. The number of para-hydroxylation sites is 2. The van der Waals surface area contributed by atoms with Crippen LogP contribution in [0.2, 0.25) is 0 Å². The minimum Gasteiger partial charge on any atom is -0.309 e. The highest BCUT2D eigenvalue weighted by molar-refractivity contribution is 7.20. The molecule has 12 aromatic carbocycles. The molecule has 0 fully saturated rings. The van der Waals surface area contributed by atoms with Crippen LogP contribution in [0.15, 0.2) is 303 Å². The summed E-state index contributed by atoms with van der Waals surface area (Å²) < 4.78 is 140. The molecule has 2 aromatic heterocycles. The van der Waals surface area contributed by atoms with Gasteiger partial charge in [-0.2, -0.15) is 0 Å². The van der Waals surface area contributed by atoms with E-state index < -0.39 is 98.7 Å².